The Hall–Kier alpha value is -2.34. The number of hydrogen-bond acceptors (Lipinski definition) is 3. The molecule has 7 heteroatoms. The Labute approximate surface area is 163 Å². The van der Waals surface area contributed by atoms with Crippen LogP contribution in [-0.4, -0.2) is 44.8 Å². The molecule has 0 aliphatic carbocycles. The summed E-state index contributed by atoms with van der Waals surface area (Å²) in [5, 5.41) is 13.9. The molecule has 0 saturated carbocycles. The van der Waals surface area contributed by atoms with Gasteiger partial charge in [-0.15, -0.1) is 0 Å². The number of rotatable bonds is 6. The number of carboxylic acids is 1. The van der Waals surface area contributed by atoms with E-state index in [4.69, 9.17) is 16.7 Å². The average molecular weight is 390 g/mol. The van der Waals surface area contributed by atoms with E-state index < -0.39 is 5.97 Å². The van der Waals surface area contributed by atoms with Crippen LogP contribution in [0.1, 0.15) is 48.1 Å². The van der Waals surface area contributed by atoms with Gasteiger partial charge >= 0.3 is 5.97 Å². The van der Waals surface area contributed by atoms with Crippen LogP contribution < -0.4 is 0 Å². The van der Waals surface area contributed by atoms with Crippen LogP contribution in [0.3, 0.4) is 0 Å². The molecule has 1 saturated heterocycles. The zero-order valence-electron chi connectivity index (χ0n) is 15.3. The Balaban J connectivity index is 1.47. The molecule has 0 bridgehead atoms. The van der Waals surface area contributed by atoms with Crippen LogP contribution in [0.15, 0.2) is 36.7 Å². The van der Waals surface area contributed by atoms with Gasteiger partial charge in [-0.3, -0.25) is 9.48 Å². The van der Waals surface area contributed by atoms with Crippen LogP contribution in [-0.2, 0) is 11.2 Å². The molecule has 0 radical (unpaired) electrons. The molecule has 2 aromatic rings. The summed E-state index contributed by atoms with van der Waals surface area (Å²) < 4.78 is 1.72. The number of nitrogens with zero attached hydrogens (tertiary/aromatic N) is 3. The van der Waals surface area contributed by atoms with Gasteiger partial charge in [0.15, 0.2) is 0 Å². The van der Waals surface area contributed by atoms with Crippen molar-refractivity contribution in [1.82, 2.24) is 14.7 Å². The first kappa shape index (κ1) is 19.4. The summed E-state index contributed by atoms with van der Waals surface area (Å²) in [4.78, 5) is 25.5. The SMILES string of the molecule is CC(CC(=O)N1CCC(n2cc(C(=O)O)cn2)CC1)Cc1ccc(Cl)cc1. The normalized spacial score (nSPS) is 16.3. The zero-order chi connectivity index (χ0) is 19.4. The molecule has 6 nitrogen and oxygen atoms in total. The smallest absolute Gasteiger partial charge is 0.338 e. The number of piperidine rings is 1. The molecule has 1 amide bonds. The van der Waals surface area contributed by atoms with E-state index in [0.29, 0.717) is 19.5 Å². The van der Waals surface area contributed by atoms with Crippen molar-refractivity contribution in [2.45, 2.75) is 38.6 Å². The lowest BCUT2D eigenvalue weighted by atomic mass is 9.96. The fourth-order valence-electron chi connectivity index (χ4n) is 3.55. The fraction of sp³-hybridized carbons (Fsp3) is 0.450. The molecule has 144 valence electrons. The second-order valence-corrected chi connectivity index (χ2v) is 7.70. The zero-order valence-corrected chi connectivity index (χ0v) is 16.1. The van der Waals surface area contributed by atoms with Gasteiger partial charge in [0.05, 0.1) is 17.8 Å². The number of benzene rings is 1. The summed E-state index contributed by atoms with van der Waals surface area (Å²) >= 11 is 5.91. The maximum absolute atomic E-state index is 12.6. The van der Waals surface area contributed by atoms with Gasteiger partial charge in [-0.1, -0.05) is 30.7 Å². The third-order valence-corrected chi connectivity index (χ3v) is 5.31. The number of hydrogen-bond donors (Lipinski definition) is 1. The maximum atomic E-state index is 12.6. The Kier molecular flexibility index (Phi) is 6.16. The summed E-state index contributed by atoms with van der Waals surface area (Å²) in [6.45, 7) is 3.45. The summed E-state index contributed by atoms with van der Waals surface area (Å²) in [6, 6.07) is 7.91. The molecular formula is C20H24ClN3O3. The summed E-state index contributed by atoms with van der Waals surface area (Å²) in [6.07, 6.45) is 5.90. The monoisotopic (exact) mass is 389 g/mol. The lowest BCUT2D eigenvalue weighted by Gasteiger charge is -2.32. The van der Waals surface area contributed by atoms with E-state index in [1.165, 1.54) is 11.8 Å². The van der Waals surface area contributed by atoms with Crippen molar-refractivity contribution in [3.63, 3.8) is 0 Å². The quantitative estimate of drug-likeness (QED) is 0.817. The molecule has 1 aliphatic rings. The van der Waals surface area contributed by atoms with Gasteiger partial charge in [0.1, 0.15) is 0 Å². The summed E-state index contributed by atoms with van der Waals surface area (Å²) in [7, 11) is 0. The first-order chi connectivity index (χ1) is 12.9. The number of halogens is 1. The molecule has 1 fully saturated rings. The van der Waals surface area contributed by atoms with Crippen LogP contribution in [0.25, 0.3) is 0 Å². The third-order valence-electron chi connectivity index (χ3n) is 5.06. The van der Waals surface area contributed by atoms with Crippen LogP contribution in [0.4, 0.5) is 0 Å². The number of aromatic carboxylic acids is 1. The molecule has 2 heterocycles. The van der Waals surface area contributed by atoms with Gasteiger partial charge in [-0.05, 0) is 42.9 Å². The average Bonchev–Trinajstić information content (AvgIpc) is 3.14. The molecule has 1 unspecified atom stereocenters. The van der Waals surface area contributed by atoms with Crippen molar-refractivity contribution in [2.75, 3.05) is 13.1 Å². The number of carboxylic acid groups (broad SMARTS) is 1. The standard InChI is InChI=1S/C20H24ClN3O3/c1-14(10-15-2-4-17(21)5-3-15)11-19(25)23-8-6-18(7-9-23)24-13-16(12-22-24)20(26)27/h2-5,12-14,18H,6-11H2,1H3,(H,26,27). The number of carbonyl (C=O) groups is 2. The van der Waals surface area contributed by atoms with E-state index in [2.05, 4.69) is 12.0 Å². The highest BCUT2D eigenvalue weighted by Crippen LogP contribution is 2.24. The molecule has 0 spiro atoms. The Morgan fingerprint density at radius 1 is 1.26 bits per heavy atom. The largest absolute Gasteiger partial charge is 0.478 e. The second-order valence-electron chi connectivity index (χ2n) is 7.27. The number of aromatic nitrogens is 2. The molecule has 1 aromatic carbocycles. The van der Waals surface area contributed by atoms with Gasteiger partial charge in [-0.2, -0.15) is 5.10 Å². The van der Waals surface area contributed by atoms with Crippen molar-refractivity contribution >= 4 is 23.5 Å². The minimum Gasteiger partial charge on any atom is -0.478 e. The predicted molar refractivity (Wildman–Crippen MR) is 103 cm³/mol. The van der Waals surface area contributed by atoms with Gasteiger partial charge < -0.3 is 10.0 Å². The van der Waals surface area contributed by atoms with Gasteiger partial charge in [0.2, 0.25) is 5.91 Å². The summed E-state index contributed by atoms with van der Waals surface area (Å²) in [5.74, 6) is -0.522. The fourth-order valence-corrected chi connectivity index (χ4v) is 3.68. The Bertz CT molecular complexity index is 795. The van der Waals surface area contributed by atoms with E-state index in [9.17, 15) is 9.59 Å². The molecule has 1 aliphatic heterocycles. The van der Waals surface area contributed by atoms with E-state index in [0.717, 1.165) is 24.3 Å². The topological polar surface area (TPSA) is 75.4 Å². The minimum atomic E-state index is -0.969. The number of likely N-dealkylation sites (tertiary alicyclic amines) is 1. The lowest BCUT2D eigenvalue weighted by molar-refractivity contribution is -0.133. The molecular weight excluding hydrogens is 366 g/mol. The van der Waals surface area contributed by atoms with Crippen LogP contribution >= 0.6 is 11.6 Å². The maximum Gasteiger partial charge on any atom is 0.338 e. The molecule has 1 atom stereocenters. The van der Waals surface area contributed by atoms with Crippen molar-refractivity contribution in [3.8, 4) is 0 Å². The molecule has 1 aromatic heterocycles. The minimum absolute atomic E-state index is 0.147. The van der Waals surface area contributed by atoms with Crippen molar-refractivity contribution < 1.29 is 14.7 Å². The van der Waals surface area contributed by atoms with Crippen molar-refractivity contribution in [3.05, 3.63) is 52.8 Å². The van der Waals surface area contributed by atoms with E-state index in [-0.39, 0.29) is 23.4 Å². The Morgan fingerprint density at radius 2 is 1.93 bits per heavy atom. The molecule has 1 N–H and O–H groups in total. The number of amides is 1. The van der Waals surface area contributed by atoms with Gasteiger partial charge in [0.25, 0.3) is 0 Å². The lowest BCUT2D eigenvalue weighted by Crippen LogP contribution is -2.39. The number of carbonyl (C=O) groups excluding carboxylic acids is 1. The van der Waals surface area contributed by atoms with E-state index in [1.54, 1.807) is 10.9 Å². The van der Waals surface area contributed by atoms with Crippen LogP contribution in [0, 0.1) is 5.92 Å². The van der Waals surface area contributed by atoms with E-state index in [1.807, 2.05) is 29.2 Å². The predicted octanol–water partition coefficient (Wildman–Crippen LogP) is 3.67. The highest BCUT2D eigenvalue weighted by Gasteiger charge is 2.25. The van der Waals surface area contributed by atoms with Crippen LogP contribution in [0.5, 0.6) is 0 Å². The van der Waals surface area contributed by atoms with Crippen molar-refractivity contribution in [2.24, 2.45) is 5.92 Å². The first-order valence-electron chi connectivity index (χ1n) is 9.22. The van der Waals surface area contributed by atoms with Crippen LogP contribution in [0.2, 0.25) is 5.02 Å². The third kappa shape index (κ3) is 5.10. The highest BCUT2D eigenvalue weighted by atomic mass is 35.5. The molecule has 27 heavy (non-hydrogen) atoms. The highest BCUT2D eigenvalue weighted by molar-refractivity contribution is 6.30. The van der Waals surface area contributed by atoms with Crippen molar-refractivity contribution in [1.29, 1.82) is 0 Å². The molecule has 3 rings (SSSR count). The van der Waals surface area contributed by atoms with Gasteiger partial charge in [-0.25, -0.2) is 4.79 Å². The Morgan fingerprint density at radius 3 is 2.52 bits per heavy atom. The van der Waals surface area contributed by atoms with Gasteiger partial charge in [0, 0.05) is 30.7 Å². The second kappa shape index (κ2) is 8.57. The van der Waals surface area contributed by atoms with E-state index >= 15 is 0 Å². The first-order valence-corrected chi connectivity index (χ1v) is 9.60. The summed E-state index contributed by atoms with van der Waals surface area (Å²) in [5.41, 5.74) is 1.39.